The fraction of sp³-hybridized carbons (Fsp3) is 0.963. The zero-order valence-corrected chi connectivity index (χ0v) is 25.8. The quantitative estimate of drug-likeness (QED) is 0.0389. The monoisotopic (exact) mass is 576 g/mol. The number of carbonyl (C=O) groups is 1. The average molecular weight is 576 g/mol. The van der Waals surface area contributed by atoms with Crippen molar-refractivity contribution >= 4 is 6.09 Å². The van der Waals surface area contributed by atoms with Crippen molar-refractivity contribution < 1.29 is 9.53 Å². The number of nitrogens with one attached hydrogen (secondary N) is 11. The second-order valence-corrected chi connectivity index (χ2v) is 10.4. The van der Waals surface area contributed by atoms with Crippen LogP contribution in [0.15, 0.2) is 0 Å². The molecule has 0 saturated carbocycles. The van der Waals surface area contributed by atoms with Gasteiger partial charge in [-0.05, 0) is 6.42 Å². The molecule has 0 spiro atoms. The minimum absolute atomic E-state index is 0.624. The van der Waals surface area contributed by atoms with Crippen molar-refractivity contribution in [2.45, 2.75) is 155 Å². The third-order valence-corrected chi connectivity index (χ3v) is 6.84. The highest BCUT2D eigenvalue weighted by molar-refractivity contribution is 5.66. The summed E-state index contributed by atoms with van der Waals surface area (Å²) >= 11 is 0. The van der Waals surface area contributed by atoms with Crippen molar-refractivity contribution in [3.05, 3.63) is 0 Å². The Balaban J connectivity index is 3.04. The number of hydrazine groups is 10. The minimum atomic E-state index is -0.624. The smallest absolute Gasteiger partial charge is 0.422 e. The van der Waals surface area contributed by atoms with Gasteiger partial charge in [0.1, 0.15) is 0 Å². The second-order valence-electron chi connectivity index (χ2n) is 10.4. The third kappa shape index (κ3) is 34.9. The number of carbonyl (C=O) groups excluding carboxylic acids is 1. The molecule has 0 unspecified atom stereocenters. The molecule has 0 aliphatic heterocycles. The molecular formula is C27H65N11O2. The van der Waals surface area contributed by atoms with Crippen LogP contribution in [-0.2, 0) is 4.74 Å². The summed E-state index contributed by atoms with van der Waals surface area (Å²) < 4.78 is 4.36. The lowest BCUT2D eigenvalue weighted by atomic mass is 10.0. The van der Waals surface area contributed by atoms with Gasteiger partial charge in [0.2, 0.25) is 0 Å². The molecule has 0 fully saturated rings. The van der Waals surface area contributed by atoms with E-state index in [1.54, 1.807) is 0 Å². The highest BCUT2D eigenvalue weighted by atomic mass is 16.5. The SMILES string of the molecule is CCCCCCCCCCCCCCCCCCCCCCCCCNNNNNNNNNNNC(=O)OC. The second kappa shape index (κ2) is 35.9. The summed E-state index contributed by atoms with van der Waals surface area (Å²) in [6.45, 7) is 3.19. The van der Waals surface area contributed by atoms with Crippen molar-refractivity contribution in [2.24, 2.45) is 0 Å². The third-order valence-electron chi connectivity index (χ3n) is 6.84. The lowest BCUT2D eigenvalue weighted by molar-refractivity contribution is 0.157. The molecule has 0 rings (SSSR count). The van der Waals surface area contributed by atoms with Gasteiger partial charge in [-0.2, -0.15) is 49.8 Å². The van der Waals surface area contributed by atoms with Gasteiger partial charge in [0.15, 0.2) is 0 Å². The van der Waals surface area contributed by atoms with Crippen LogP contribution in [0.2, 0.25) is 0 Å². The van der Waals surface area contributed by atoms with Gasteiger partial charge in [-0.1, -0.05) is 148 Å². The molecule has 0 bridgehead atoms. The van der Waals surface area contributed by atoms with E-state index in [-0.39, 0.29) is 0 Å². The van der Waals surface area contributed by atoms with Gasteiger partial charge >= 0.3 is 6.09 Å². The highest BCUT2D eigenvalue weighted by Gasteiger charge is 1.96. The van der Waals surface area contributed by atoms with Crippen molar-refractivity contribution in [3.63, 3.8) is 0 Å². The lowest BCUT2D eigenvalue weighted by Crippen LogP contribution is -2.66. The summed E-state index contributed by atoms with van der Waals surface area (Å²) in [5.74, 6) is 0. The molecule has 13 nitrogen and oxygen atoms in total. The molecule has 0 heterocycles. The summed E-state index contributed by atoms with van der Waals surface area (Å²) in [5.41, 5.74) is 28.4. The zero-order chi connectivity index (χ0) is 29.0. The summed E-state index contributed by atoms with van der Waals surface area (Å²) in [4.78, 5) is 10.7. The Hall–Kier alpha value is -1.13. The molecule has 240 valence electrons. The van der Waals surface area contributed by atoms with E-state index in [1.807, 2.05) is 0 Å². The topological polar surface area (TPSA) is 159 Å². The van der Waals surface area contributed by atoms with Crippen LogP contribution in [0.5, 0.6) is 0 Å². The number of methoxy groups -OCH3 is 1. The molecule has 1 amide bonds. The van der Waals surface area contributed by atoms with Gasteiger partial charge in [-0.25, -0.2) is 15.6 Å². The average Bonchev–Trinajstić information content (AvgIpc) is 2.97. The number of unbranched alkanes of at least 4 members (excludes halogenated alkanes) is 22. The van der Waals surface area contributed by atoms with Crippen LogP contribution in [0.4, 0.5) is 4.79 Å². The number of ether oxygens (including phenoxy) is 1. The van der Waals surface area contributed by atoms with Gasteiger partial charge in [0.05, 0.1) is 7.11 Å². The van der Waals surface area contributed by atoms with Crippen LogP contribution in [0.1, 0.15) is 155 Å². The molecule has 0 aliphatic rings. The predicted octanol–water partition coefficient (Wildman–Crippen LogP) is 4.38. The van der Waals surface area contributed by atoms with E-state index in [0.717, 1.165) is 13.0 Å². The van der Waals surface area contributed by atoms with Gasteiger partial charge in [0, 0.05) is 6.54 Å². The molecular weight excluding hydrogens is 510 g/mol. The maximum atomic E-state index is 10.7. The molecule has 0 saturated heterocycles. The molecule has 0 radical (unpaired) electrons. The van der Waals surface area contributed by atoms with Crippen molar-refractivity contribution in [1.29, 1.82) is 0 Å². The zero-order valence-electron chi connectivity index (χ0n) is 25.8. The van der Waals surface area contributed by atoms with Crippen LogP contribution in [0, 0.1) is 0 Å². The molecule has 0 aromatic rings. The van der Waals surface area contributed by atoms with Crippen LogP contribution < -0.4 is 60.7 Å². The van der Waals surface area contributed by atoms with E-state index < -0.39 is 6.09 Å². The van der Waals surface area contributed by atoms with E-state index in [4.69, 9.17) is 0 Å². The molecule has 13 heteroatoms. The van der Waals surface area contributed by atoms with Crippen LogP contribution in [0.25, 0.3) is 0 Å². The Morgan fingerprint density at radius 1 is 0.425 bits per heavy atom. The van der Waals surface area contributed by atoms with Crippen LogP contribution in [-0.4, -0.2) is 19.7 Å². The molecule has 0 aliphatic carbocycles. The molecule has 0 aromatic heterocycles. The number of hydrogen-bond donors (Lipinski definition) is 11. The highest BCUT2D eigenvalue weighted by Crippen LogP contribution is 2.15. The summed E-state index contributed by atoms with van der Waals surface area (Å²) in [6, 6.07) is 0. The first-order chi connectivity index (χ1) is 19.8. The number of rotatable bonds is 34. The first-order valence-corrected chi connectivity index (χ1v) is 16.1. The summed E-state index contributed by atoms with van der Waals surface area (Å²) in [5, 5.41) is 0. The predicted molar refractivity (Wildman–Crippen MR) is 164 cm³/mol. The Morgan fingerprint density at radius 3 is 1.07 bits per heavy atom. The Labute approximate surface area is 244 Å². The van der Waals surface area contributed by atoms with Gasteiger partial charge in [-0.15, -0.1) is 0 Å². The van der Waals surface area contributed by atoms with E-state index in [1.165, 1.54) is 148 Å². The first-order valence-electron chi connectivity index (χ1n) is 16.1. The Kier molecular flexibility index (Phi) is 34.9. The summed E-state index contributed by atoms with van der Waals surface area (Å²) in [6.07, 6.45) is 31.7. The maximum absolute atomic E-state index is 10.7. The van der Waals surface area contributed by atoms with Crippen molar-refractivity contribution in [3.8, 4) is 0 Å². The van der Waals surface area contributed by atoms with Crippen molar-refractivity contribution in [1.82, 2.24) is 60.7 Å². The molecule has 0 aromatic carbocycles. The fourth-order valence-corrected chi connectivity index (χ4v) is 4.46. The largest absolute Gasteiger partial charge is 0.452 e. The van der Waals surface area contributed by atoms with Crippen LogP contribution in [0.3, 0.4) is 0 Å². The van der Waals surface area contributed by atoms with Gasteiger partial charge in [-0.3, -0.25) is 0 Å². The van der Waals surface area contributed by atoms with Gasteiger partial charge in [0.25, 0.3) is 0 Å². The Bertz CT molecular complexity index is 493. The van der Waals surface area contributed by atoms with E-state index >= 15 is 0 Å². The maximum Gasteiger partial charge on any atom is 0.422 e. The molecule has 11 N–H and O–H groups in total. The number of amides is 1. The Morgan fingerprint density at radius 2 is 0.725 bits per heavy atom. The van der Waals surface area contributed by atoms with Crippen molar-refractivity contribution in [2.75, 3.05) is 13.7 Å². The molecule has 40 heavy (non-hydrogen) atoms. The number of hydrogen-bond acceptors (Lipinski definition) is 12. The fourth-order valence-electron chi connectivity index (χ4n) is 4.46. The summed E-state index contributed by atoms with van der Waals surface area (Å²) in [7, 11) is 1.26. The normalized spacial score (nSPS) is 11.2. The van der Waals surface area contributed by atoms with E-state index in [0.29, 0.717) is 0 Å². The minimum Gasteiger partial charge on any atom is -0.452 e. The molecule has 0 atom stereocenters. The lowest BCUT2D eigenvalue weighted by Gasteiger charge is -2.13. The standard InChI is InChI=1S/C27H65N11O2/c1-3-4-5-6-7-8-9-10-11-12-13-14-15-16-17-18-19-20-21-22-23-24-25-26-28-30-32-34-36-38-37-35-33-31-29-27(39)40-2/h28,30-38H,3-26H2,1-2H3,(H,29,39). The first kappa shape index (κ1) is 38.9. The van der Waals surface area contributed by atoms with E-state index in [2.05, 4.69) is 72.3 Å². The van der Waals surface area contributed by atoms with Gasteiger partial charge < -0.3 is 4.74 Å². The van der Waals surface area contributed by atoms with E-state index in [9.17, 15) is 4.79 Å². The van der Waals surface area contributed by atoms with Crippen LogP contribution >= 0.6 is 0 Å².